The van der Waals surface area contributed by atoms with E-state index in [1.807, 2.05) is 0 Å². The maximum absolute atomic E-state index is 12.1. The van der Waals surface area contributed by atoms with Crippen molar-refractivity contribution in [2.75, 3.05) is 13.1 Å². The van der Waals surface area contributed by atoms with Crippen LogP contribution >= 0.6 is 0 Å². The molecule has 0 radical (unpaired) electrons. The van der Waals surface area contributed by atoms with Crippen molar-refractivity contribution in [1.29, 1.82) is 0 Å². The van der Waals surface area contributed by atoms with Crippen LogP contribution in [0.1, 0.15) is 51.4 Å². The molecule has 0 aromatic heterocycles. The molecule has 0 aromatic carbocycles. The van der Waals surface area contributed by atoms with Gasteiger partial charge in [0.25, 0.3) is 0 Å². The van der Waals surface area contributed by atoms with E-state index in [4.69, 9.17) is 5.73 Å². The average Bonchev–Trinajstić information content (AvgIpc) is 2.75. The first kappa shape index (κ1) is 15.0. The van der Waals surface area contributed by atoms with E-state index in [2.05, 4.69) is 5.32 Å². The minimum atomic E-state index is -0.725. The highest BCUT2D eigenvalue weighted by Crippen LogP contribution is 2.25. The zero-order valence-electron chi connectivity index (χ0n) is 11.8. The van der Waals surface area contributed by atoms with Crippen LogP contribution in [0.5, 0.6) is 0 Å². The van der Waals surface area contributed by atoms with Crippen LogP contribution in [0.25, 0.3) is 0 Å². The second-order valence-electron chi connectivity index (χ2n) is 5.77. The van der Waals surface area contributed by atoms with Crippen LogP contribution in [0.15, 0.2) is 0 Å². The quantitative estimate of drug-likeness (QED) is 0.560. The normalized spacial score (nSPS) is 22.1. The van der Waals surface area contributed by atoms with E-state index in [1.165, 1.54) is 4.90 Å². The first-order chi connectivity index (χ1) is 9.53. The predicted molar refractivity (Wildman–Crippen MR) is 73.6 cm³/mol. The van der Waals surface area contributed by atoms with Crippen molar-refractivity contribution < 1.29 is 14.4 Å². The third kappa shape index (κ3) is 3.36. The number of nitrogens with zero attached hydrogens (tertiary/aromatic N) is 1. The lowest BCUT2D eigenvalue weighted by Gasteiger charge is -2.31. The number of likely N-dealkylation sites (tertiary alicyclic amines) is 1. The van der Waals surface area contributed by atoms with Gasteiger partial charge in [-0.05, 0) is 19.3 Å². The molecule has 2 rings (SSSR count). The molecule has 0 bridgehead atoms. The van der Waals surface area contributed by atoms with E-state index in [0.717, 1.165) is 32.1 Å². The summed E-state index contributed by atoms with van der Waals surface area (Å²) in [5.41, 5.74) is 5.40. The fourth-order valence-corrected chi connectivity index (χ4v) is 2.90. The number of nitrogens with one attached hydrogen (secondary N) is 1. The average molecular weight is 281 g/mol. The van der Waals surface area contributed by atoms with Crippen molar-refractivity contribution >= 4 is 17.7 Å². The maximum Gasteiger partial charge on any atom is 0.240 e. The monoisotopic (exact) mass is 281 g/mol. The first-order valence-corrected chi connectivity index (χ1v) is 7.43. The molecule has 1 aliphatic heterocycles. The van der Waals surface area contributed by atoms with E-state index in [-0.39, 0.29) is 17.7 Å². The van der Waals surface area contributed by atoms with Crippen LogP contribution in [0, 0.1) is 0 Å². The fourth-order valence-electron chi connectivity index (χ4n) is 2.90. The highest BCUT2D eigenvalue weighted by atomic mass is 16.2. The van der Waals surface area contributed by atoms with Gasteiger partial charge < -0.3 is 11.1 Å². The smallest absolute Gasteiger partial charge is 0.240 e. The van der Waals surface area contributed by atoms with E-state index in [1.54, 1.807) is 0 Å². The minimum Gasteiger partial charge on any atom is -0.354 e. The number of hydrogen-bond donors (Lipinski definition) is 2. The Morgan fingerprint density at radius 2 is 1.75 bits per heavy atom. The van der Waals surface area contributed by atoms with Crippen molar-refractivity contribution in [3.05, 3.63) is 0 Å². The third-order valence-electron chi connectivity index (χ3n) is 4.20. The van der Waals surface area contributed by atoms with E-state index in [0.29, 0.717) is 32.4 Å². The Balaban J connectivity index is 1.69. The molecule has 3 N–H and O–H groups in total. The molecule has 0 unspecified atom stereocenters. The summed E-state index contributed by atoms with van der Waals surface area (Å²) in [5.74, 6) is -0.316. The Hall–Kier alpha value is -1.43. The summed E-state index contributed by atoms with van der Waals surface area (Å²) in [4.78, 5) is 36.2. The molecular formula is C14H23N3O3. The second kappa shape index (κ2) is 6.35. The minimum absolute atomic E-state index is 0.101. The largest absolute Gasteiger partial charge is 0.354 e. The Morgan fingerprint density at radius 3 is 2.35 bits per heavy atom. The Morgan fingerprint density at radius 1 is 1.15 bits per heavy atom. The topological polar surface area (TPSA) is 92.5 Å². The van der Waals surface area contributed by atoms with Crippen LogP contribution < -0.4 is 11.1 Å². The van der Waals surface area contributed by atoms with Crippen LogP contribution in [-0.4, -0.2) is 41.2 Å². The van der Waals surface area contributed by atoms with E-state index >= 15 is 0 Å². The molecule has 6 nitrogen and oxygen atoms in total. The SMILES string of the molecule is NC1(C(=O)NCCCN2C(=O)CCC2=O)CCCCC1. The molecule has 20 heavy (non-hydrogen) atoms. The van der Waals surface area contributed by atoms with E-state index < -0.39 is 5.54 Å². The summed E-state index contributed by atoms with van der Waals surface area (Å²) in [6.07, 6.45) is 5.84. The van der Waals surface area contributed by atoms with Crippen molar-refractivity contribution in [2.45, 2.75) is 56.9 Å². The molecule has 2 aliphatic rings. The summed E-state index contributed by atoms with van der Waals surface area (Å²) in [6.45, 7) is 0.838. The molecule has 1 saturated carbocycles. The van der Waals surface area contributed by atoms with Crippen LogP contribution in [-0.2, 0) is 14.4 Å². The maximum atomic E-state index is 12.1. The number of imide groups is 1. The Labute approximate surface area is 119 Å². The van der Waals surface area contributed by atoms with Gasteiger partial charge in [-0.1, -0.05) is 19.3 Å². The number of hydrogen-bond acceptors (Lipinski definition) is 4. The first-order valence-electron chi connectivity index (χ1n) is 7.43. The zero-order valence-corrected chi connectivity index (χ0v) is 11.8. The Bertz CT molecular complexity index is 386. The molecule has 1 saturated heterocycles. The van der Waals surface area contributed by atoms with Gasteiger partial charge in [0.2, 0.25) is 17.7 Å². The van der Waals surface area contributed by atoms with Crippen LogP contribution in [0.4, 0.5) is 0 Å². The molecular weight excluding hydrogens is 258 g/mol. The van der Waals surface area contributed by atoms with Gasteiger partial charge in [-0.2, -0.15) is 0 Å². The molecule has 0 spiro atoms. The third-order valence-corrected chi connectivity index (χ3v) is 4.20. The summed E-state index contributed by atoms with van der Waals surface area (Å²) in [7, 11) is 0. The van der Waals surface area contributed by atoms with Gasteiger partial charge in [0.15, 0.2) is 0 Å². The standard InChI is InChI=1S/C14H23N3O3/c15-14(7-2-1-3-8-14)13(20)16-9-4-10-17-11(18)5-6-12(17)19/h1-10,15H2,(H,16,20). The van der Waals surface area contributed by atoms with Crippen molar-refractivity contribution in [1.82, 2.24) is 10.2 Å². The zero-order chi connectivity index (χ0) is 14.6. The van der Waals surface area contributed by atoms with Gasteiger partial charge >= 0.3 is 0 Å². The lowest BCUT2D eigenvalue weighted by atomic mass is 9.82. The van der Waals surface area contributed by atoms with Gasteiger partial charge in [-0.25, -0.2) is 0 Å². The number of amides is 3. The summed E-state index contributed by atoms with van der Waals surface area (Å²) < 4.78 is 0. The van der Waals surface area contributed by atoms with Gasteiger partial charge in [0.05, 0.1) is 5.54 Å². The highest BCUT2D eigenvalue weighted by molar-refractivity contribution is 6.01. The molecule has 3 amide bonds. The highest BCUT2D eigenvalue weighted by Gasteiger charge is 2.35. The second-order valence-corrected chi connectivity index (χ2v) is 5.77. The lowest BCUT2D eigenvalue weighted by molar-refractivity contribution is -0.138. The van der Waals surface area contributed by atoms with Gasteiger partial charge in [0.1, 0.15) is 0 Å². The summed E-state index contributed by atoms with van der Waals surface area (Å²) >= 11 is 0. The van der Waals surface area contributed by atoms with Gasteiger partial charge in [-0.3, -0.25) is 19.3 Å². The lowest BCUT2D eigenvalue weighted by Crippen LogP contribution is -2.55. The number of nitrogens with two attached hydrogens (primary N) is 1. The van der Waals surface area contributed by atoms with Gasteiger partial charge in [-0.15, -0.1) is 0 Å². The van der Waals surface area contributed by atoms with E-state index in [9.17, 15) is 14.4 Å². The van der Waals surface area contributed by atoms with Crippen molar-refractivity contribution in [3.63, 3.8) is 0 Å². The molecule has 1 aliphatic carbocycles. The fraction of sp³-hybridized carbons (Fsp3) is 0.786. The molecule has 112 valence electrons. The van der Waals surface area contributed by atoms with Crippen LogP contribution in [0.3, 0.4) is 0 Å². The van der Waals surface area contributed by atoms with Crippen LogP contribution in [0.2, 0.25) is 0 Å². The summed E-state index contributed by atoms with van der Waals surface area (Å²) in [6, 6.07) is 0. The van der Waals surface area contributed by atoms with Crippen molar-refractivity contribution in [2.24, 2.45) is 5.73 Å². The number of rotatable bonds is 5. The molecule has 0 atom stereocenters. The molecule has 1 heterocycles. The molecule has 6 heteroatoms. The van der Waals surface area contributed by atoms with Gasteiger partial charge in [0, 0.05) is 25.9 Å². The molecule has 0 aromatic rings. The summed E-state index contributed by atoms with van der Waals surface area (Å²) in [5, 5.41) is 2.83. The Kier molecular flexibility index (Phi) is 4.75. The number of carbonyl (C=O) groups excluding carboxylic acids is 3. The number of carbonyl (C=O) groups is 3. The predicted octanol–water partition coefficient (Wildman–Crippen LogP) is 0.303. The van der Waals surface area contributed by atoms with Crippen molar-refractivity contribution in [3.8, 4) is 0 Å². The molecule has 2 fully saturated rings.